The maximum Gasteiger partial charge on any atom is 0.251 e. The quantitative estimate of drug-likeness (QED) is 0.643. The smallest absolute Gasteiger partial charge is 0.251 e. The molecule has 8 nitrogen and oxygen atoms in total. The van der Waals surface area contributed by atoms with E-state index in [0.717, 1.165) is 35.6 Å². The van der Waals surface area contributed by atoms with Crippen LogP contribution in [0.25, 0.3) is 11.0 Å². The lowest BCUT2D eigenvalue weighted by molar-refractivity contribution is 0.0952. The van der Waals surface area contributed by atoms with Crippen LogP contribution in [0.3, 0.4) is 0 Å². The number of benzene rings is 1. The van der Waals surface area contributed by atoms with Gasteiger partial charge in [0.15, 0.2) is 5.65 Å². The number of fused-ring (bicyclic) bond motifs is 1. The van der Waals surface area contributed by atoms with Gasteiger partial charge in [-0.2, -0.15) is 5.10 Å². The van der Waals surface area contributed by atoms with Gasteiger partial charge in [-0.1, -0.05) is 6.92 Å². The zero-order chi connectivity index (χ0) is 18.4. The molecule has 0 saturated heterocycles. The topological polar surface area (TPSA) is 94.0 Å². The van der Waals surface area contributed by atoms with E-state index in [0.29, 0.717) is 18.7 Å². The van der Waals surface area contributed by atoms with Crippen LogP contribution in [0.5, 0.6) is 5.75 Å². The van der Waals surface area contributed by atoms with Crippen molar-refractivity contribution < 1.29 is 9.53 Å². The number of hydrogen-bond acceptors (Lipinski definition) is 6. The molecule has 2 heterocycles. The minimum absolute atomic E-state index is 0.135. The van der Waals surface area contributed by atoms with Crippen molar-refractivity contribution in [3.05, 3.63) is 42.4 Å². The van der Waals surface area contributed by atoms with Crippen LogP contribution in [0.4, 0.5) is 5.82 Å². The second-order valence-corrected chi connectivity index (χ2v) is 5.74. The van der Waals surface area contributed by atoms with Crippen LogP contribution in [0.15, 0.2) is 36.8 Å². The van der Waals surface area contributed by atoms with Crippen molar-refractivity contribution in [2.45, 2.75) is 19.9 Å². The molecule has 0 aliphatic carbocycles. The molecule has 26 heavy (non-hydrogen) atoms. The largest absolute Gasteiger partial charge is 0.497 e. The molecule has 3 aromatic rings. The van der Waals surface area contributed by atoms with Gasteiger partial charge in [0.05, 0.1) is 25.2 Å². The zero-order valence-corrected chi connectivity index (χ0v) is 14.9. The van der Waals surface area contributed by atoms with E-state index in [1.165, 1.54) is 6.33 Å². The molecule has 0 aliphatic rings. The minimum Gasteiger partial charge on any atom is -0.497 e. The average molecular weight is 354 g/mol. The Morgan fingerprint density at radius 1 is 1.19 bits per heavy atom. The molecule has 3 rings (SSSR count). The fraction of sp³-hybridized carbons (Fsp3) is 0.333. The Morgan fingerprint density at radius 3 is 2.73 bits per heavy atom. The van der Waals surface area contributed by atoms with Gasteiger partial charge < -0.3 is 15.4 Å². The molecule has 0 fully saturated rings. The normalized spacial score (nSPS) is 10.7. The highest BCUT2D eigenvalue weighted by Gasteiger charge is 2.10. The van der Waals surface area contributed by atoms with Crippen molar-refractivity contribution in [2.24, 2.45) is 0 Å². The van der Waals surface area contributed by atoms with Crippen molar-refractivity contribution in [3.8, 4) is 5.75 Å². The first-order valence-electron chi connectivity index (χ1n) is 8.55. The first-order chi connectivity index (χ1) is 12.7. The Balaban J connectivity index is 1.61. The highest BCUT2D eigenvalue weighted by Crippen LogP contribution is 2.18. The molecule has 136 valence electrons. The van der Waals surface area contributed by atoms with Gasteiger partial charge >= 0.3 is 0 Å². The van der Waals surface area contributed by atoms with Crippen molar-refractivity contribution in [1.82, 2.24) is 25.1 Å². The van der Waals surface area contributed by atoms with Crippen LogP contribution in [0.1, 0.15) is 23.7 Å². The van der Waals surface area contributed by atoms with Gasteiger partial charge in [0.25, 0.3) is 5.91 Å². The number of aromatic nitrogens is 4. The maximum atomic E-state index is 12.2. The lowest BCUT2D eigenvalue weighted by Crippen LogP contribution is -2.27. The van der Waals surface area contributed by atoms with Crippen LogP contribution in [0, 0.1) is 0 Å². The number of anilines is 1. The number of ether oxygens (including phenoxy) is 1. The van der Waals surface area contributed by atoms with Crippen LogP contribution in [-0.2, 0) is 6.54 Å². The molecule has 2 N–H and O–H groups in total. The second-order valence-electron chi connectivity index (χ2n) is 5.74. The Morgan fingerprint density at radius 2 is 2.00 bits per heavy atom. The third-order valence-corrected chi connectivity index (χ3v) is 3.94. The van der Waals surface area contributed by atoms with E-state index in [1.807, 2.05) is 0 Å². The molecule has 2 aromatic heterocycles. The molecule has 0 aliphatic heterocycles. The fourth-order valence-corrected chi connectivity index (χ4v) is 2.56. The molecule has 1 aromatic carbocycles. The van der Waals surface area contributed by atoms with Crippen molar-refractivity contribution >= 4 is 22.8 Å². The summed E-state index contributed by atoms with van der Waals surface area (Å²) >= 11 is 0. The minimum atomic E-state index is -0.135. The molecule has 8 heteroatoms. The summed E-state index contributed by atoms with van der Waals surface area (Å²) in [6, 6.07) is 6.99. The molecule has 0 unspecified atom stereocenters. The first kappa shape index (κ1) is 17.7. The number of carbonyl (C=O) groups is 1. The highest BCUT2D eigenvalue weighted by molar-refractivity contribution is 5.94. The molecule has 1 amide bonds. The third-order valence-electron chi connectivity index (χ3n) is 3.94. The van der Waals surface area contributed by atoms with Gasteiger partial charge in [0, 0.05) is 18.7 Å². The van der Waals surface area contributed by atoms with Gasteiger partial charge in [-0.3, -0.25) is 4.79 Å². The van der Waals surface area contributed by atoms with Crippen molar-refractivity contribution in [3.63, 3.8) is 0 Å². The first-order valence-corrected chi connectivity index (χ1v) is 8.55. The number of rotatable bonds is 8. The van der Waals surface area contributed by atoms with Crippen LogP contribution >= 0.6 is 0 Å². The standard InChI is InChI=1S/C18H22N6O2/c1-3-8-19-16-15-11-23-24(17(15)22-12-21-16)10-9-20-18(25)13-4-6-14(26-2)7-5-13/h4-7,11-12H,3,8-10H2,1-2H3,(H,20,25)(H,19,21,22). The summed E-state index contributed by atoms with van der Waals surface area (Å²) in [5.41, 5.74) is 1.33. The van der Waals surface area contributed by atoms with E-state index in [-0.39, 0.29) is 5.91 Å². The summed E-state index contributed by atoms with van der Waals surface area (Å²) in [7, 11) is 1.59. The van der Waals surface area contributed by atoms with Gasteiger partial charge in [-0.15, -0.1) is 0 Å². The molecule has 0 saturated carbocycles. The highest BCUT2D eigenvalue weighted by atomic mass is 16.5. The lowest BCUT2D eigenvalue weighted by atomic mass is 10.2. The third kappa shape index (κ3) is 3.90. The zero-order valence-electron chi connectivity index (χ0n) is 14.9. The van der Waals surface area contributed by atoms with Gasteiger partial charge in [0.1, 0.15) is 17.9 Å². The Bertz CT molecular complexity index is 875. The van der Waals surface area contributed by atoms with Gasteiger partial charge in [-0.05, 0) is 30.7 Å². The molecular weight excluding hydrogens is 332 g/mol. The van der Waals surface area contributed by atoms with E-state index in [2.05, 4.69) is 32.6 Å². The Labute approximate surface area is 151 Å². The van der Waals surface area contributed by atoms with E-state index in [1.54, 1.807) is 42.3 Å². The number of nitrogens with one attached hydrogen (secondary N) is 2. The Kier molecular flexibility index (Phi) is 5.62. The average Bonchev–Trinajstić information content (AvgIpc) is 3.10. The molecule has 0 bridgehead atoms. The predicted octanol–water partition coefficient (Wildman–Crippen LogP) is 2.09. The molecule has 0 spiro atoms. The van der Waals surface area contributed by atoms with Crippen molar-refractivity contribution in [2.75, 3.05) is 25.5 Å². The number of carbonyl (C=O) groups excluding carboxylic acids is 1. The lowest BCUT2D eigenvalue weighted by Gasteiger charge is -2.07. The Hall–Kier alpha value is -3.16. The van der Waals surface area contributed by atoms with E-state index < -0.39 is 0 Å². The maximum absolute atomic E-state index is 12.2. The van der Waals surface area contributed by atoms with Gasteiger partial charge in [-0.25, -0.2) is 14.6 Å². The summed E-state index contributed by atoms with van der Waals surface area (Å²) in [4.78, 5) is 20.8. The molecule has 0 atom stereocenters. The van der Waals surface area contributed by atoms with Crippen LogP contribution < -0.4 is 15.4 Å². The molecule has 0 radical (unpaired) electrons. The van der Waals surface area contributed by atoms with E-state index in [4.69, 9.17) is 4.74 Å². The van der Waals surface area contributed by atoms with Crippen LogP contribution in [0.2, 0.25) is 0 Å². The summed E-state index contributed by atoms with van der Waals surface area (Å²) in [5.74, 6) is 1.37. The fourth-order valence-electron chi connectivity index (χ4n) is 2.56. The van der Waals surface area contributed by atoms with Crippen molar-refractivity contribution in [1.29, 1.82) is 0 Å². The summed E-state index contributed by atoms with van der Waals surface area (Å²) in [5, 5.41) is 11.4. The van der Waals surface area contributed by atoms with Crippen LogP contribution in [-0.4, -0.2) is 45.9 Å². The number of amides is 1. The number of methoxy groups -OCH3 is 1. The summed E-state index contributed by atoms with van der Waals surface area (Å²) < 4.78 is 6.86. The number of nitrogens with zero attached hydrogens (tertiary/aromatic N) is 4. The molecular formula is C18H22N6O2. The number of hydrogen-bond donors (Lipinski definition) is 2. The van der Waals surface area contributed by atoms with E-state index >= 15 is 0 Å². The summed E-state index contributed by atoms with van der Waals surface area (Å²) in [6.07, 6.45) is 4.28. The monoisotopic (exact) mass is 354 g/mol. The predicted molar refractivity (Wildman–Crippen MR) is 99.4 cm³/mol. The second kappa shape index (κ2) is 8.28. The van der Waals surface area contributed by atoms with E-state index in [9.17, 15) is 4.79 Å². The SMILES string of the molecule is CCCNc1ncnc2c1cnn2CCNC(=O)c1ccc(OC)cc1. The van der Waals surface area contributed by atoms with Gasteiger partial charge in [0.2, 0.25) is 0 Å². The summed E-state index contributed by atoms with van der Waals surface area (Å²) in [6.45, 7) is 3.91.